The second-order valence-electron chi connectivity index (χ2n) is 9.47. The van der Waals surface area contributed by atoms with E-state index in [2.05, 4.69) is 43.4 Å². The van der Waals surface area contributed by atoms with Gasteiger partial charge in [-0.15, -0.1) is 0 Å². The van der Waals surface area contributed by atoms with Gasteiger partial charge in [0, 0.05) is 62.7 Å². The number of carbonyl (C=O) groups is 1. The summed E-state index contributed by atoms with van der Waals surface area (Å²) in [5.74, 6) is 1.11. The van der Waals surface area contributed by atoms with Gasteiger partial charge in [-0.1, -0.05) is 23.7 Å². The first-order valence-electron chi connectivity index (χ1n) is 12.4. The molecule has 1 amide bonds. The highest BCUT2D eigenvalue weighted by Gasteiger charge is 2.23. The highest BCUT2D eigenvalue weighted by atomic mass is 35.5. The topological polar surface area (TPSA) is 51.7 Å². The first kappa shape index (κ1) is 23.7. The molecule has 0 unspecified atom stereocenters. The van der Waals surface area contributed by atoms with E-state index in [4.69, 9.17) is 11.6 Å². The molecule has 0 radical (unpaired) electrons. The highest BCUT2D eigenvalue weighted by Crippen LogP contribution is 2.27. The van der Waals surface area contributed by atoms with Gasteiger partial charge in [-0.25, -0.2) is 9.37 Å². The molecule has 8 heteroatoms. The normalized spacial score (nSPS) is 18.3. The van der Waals surface area contributed by atoms with Gasteiger partial charge in [-0.05, 0) is 67.2 Å². The molecule has 1 aromatic carbocycles. The largest absolute Gasteiger partial charge is 0.370 e. The lowest BCUT2D eigenvalue weighted by atomic mass is 10.2. The molecule has 2 fully saturated rings. The zero-order valence-corrected chi connectivity index (χ0v) is 20.6. The number of nitrogens with one attached hydrogen (secondary N) is 1. The van der Waals surface area contributed by atoms with Crippen molar-refractivity contribution in [1.29, 1.82) is 0 Å². The van der Waals surface area contributed by atoms with Crippen LogP contribution in [0, 0.1) is 11.7 Å². The second-order valence-corrected chi connectivity index (χ2v) is 9.88. The molecule has 1 aliphatic carbocycles. The molecule has 0 atom stereocenters. The van der Waals surface area contributed by atoms with Gasteiger partial charge in [0.2, 0.25) is 0 Å². The monoisotopic (exact) mass is 495 g/mol. The molecule has 0 bridgehead atoms. The van der Waals surface area contributed by atoms with Gasteiger partial charge in [-0.2, -0.15) is 0 Å². The molecule has 0 spiro atoms. The number of carbonyl (C=O) groups excluding carboxylic acids is 1. The lowest BCUT2D eigenvalue weighted by molar-refractivity contribution is 0.0947. The fourth-order valence-electron chi connectivity index (χ4n) is 4.52. The van der Waals surface area contributed by atoms with Gasteiger partial charge < -0.3 is 20.0 Å². The number of pyridine rings is 1. The van der Waals surface area contributed by atoms with Crippen molar-refractivity contribution in [3.05, 3.63) is 82.5 Å². The molecule has 6 nitrogen and oxygen atoms in total. The summed E-state index contributed by atoms with van der Waals surface area (Å²) in [4.78, 5) is 24.0. The van der Waals surface area contributed by atoms with Crippen molar-refractivity contribution in [1.82, 2.24) is 20.1 Å². The number of amides is 1. The first-order chi connectivity index (χ1) is 17.0. The third-order valence-corrected chi connectivity index (χ3v) is 7.13. The van der Waals surface area contributed by atoms with Crippen LogP contribution < -0.4 is 10.2 Å². The van der Waals surface area contributed by atoms with Crippen LogP contribution in [-0.2, 0) is 6.54 Å². The quantitative estimate of drug-likeness (QED) is 0.615. The average Bonchev–Trinajstić information content (AvgIpc) is 3.72. The number of nitrogens with zero attached hydrogens (tertiary/aromatic N) is 4. The molecule has 184 valence electrons. The summed E-state index contributed by atoms with van der Waals surface area (Å²) in [6.45, 7) is 5.78. The Morgan fingerprint density at radius 1 is 1.11 bits per heavy atom. The van der Waals surface area contributed by atoms with Crippen molar-refractivity contribution in [3.8, 4) is 0 Å². The van der Waals surface area contributed by atoms with E-state index in [-0.39, 0.29) is 11.7 Å². The summed E-state index contributed by atoms with van der Waals surface area (Å²) in [7, 11) is 0. The fraction of sp³-hybridized carbons (Fsp3) is 0.407. The van der Waals surface area contributed by atoms with Crippen LogP contribution >= 0.6 is 11.6 Å². The molecule has 5 rings (SSSR count). The Morgan fingerprint density at radius 3 is 2.71 bits per heavy atom. The number of hydrogen-bond acceptors (Lipinski definition) is 5. The lowest BCUT2D eigenvalue weighted by Gasteiger charge is -2.29. The van der Waals surface area contributed by atoms with Crippen LogP contribution in [-0.4, -0.2) is 60.0 Å². The van der Waals surface area contributed by atoms with Crippen LogP contribution in [0.4, 0.5) is 10.2 Å². The summed E-state index contributed by atoms with van der Waals surface area (Å²) in [6, 6.07) is 10.3. The molecule has 1 saturated heterocycles. The third-order valence-electron chi connectivity index (χ3n) is 6.78. The van der Waals surface area contributed by atoms with Gasteiger partial charge in [0.25, 0.3) is 5.91 Å². The Labute approximate surface area is 211 Å². The number of hydrogen-bond donors (Lipinski definition) is 1. The zero-order chi connectivity index (χ0) is 24.2. The Kier molecular flexibility index (Phi) is 7.23. The van der Waals surface area contributed by atoms with Crippen LogP contribution in [0.25, 0.3) is 0 Å². The number of allylic oxidation sites excluding steroid dienone is 1. The van der Waals surface area contributed by atoms with E-state index < -0.39 is 0 Å². The van der Waals surface area contributed by atoms with Crippen LogP contribution in [0.2, 0.25) is 5.02 Å². The van der Waals surface area contributed by atoms with E-state index >= 15 is 0 Å². The molecular formula is C27H31ClFN5O. The van der Waals surface area contributed by atoms with E-state index in [0.29, 0.717) is 23.2 Å². The minimum absolute atomic E-state index is 0.0841. The molecule has 1 N–H and O–H groups in total. The van der Waals surface area contributed by atoms with Crippen molar-refractivity contribution < 1.29 is 9.18 Å². The maximum atomic E-state index is 13.3. The summed E-state index contributed by atoms with van der Waals surface area (Å²) >= 11 is 6.19. The smallest absolute Gasteiger partial charge is 0.269 e. The third kappa shape index (κ3) is 6.14. The van der Waals surface area contributed by atoms with Crippen molar-refractivity contribution in [2.45, 2.75) is 25.8 Å². The summed E-state index contributed by atoms with van der Waals surface area (Å²) in [5, 5.41) is 3.46. The minimum atomic E-state index is -0.316. The SMILES string of the molecule is O=C(NCC1CC1)c1cccc(N2CCCN(C3=CCN(Cc4ccc(F)cc4Cl)C=C3)CC2)n1. The highest BCUT2D eigenvalue weighted by molar-refractivity contribution is 6.31. The first-order valence-corrected chi connectivity index (χ1v) is 12.7. The zero-order valence-electron chi connectivity index (χ0n) is 19.8. The molecule has 3 aliphatic rings. The van der Waals surface area contributed by atoms with E-state index in [1.54, 1.807) is 12.1 Å². The predicted octanol–water partition coefficient (Wildman–Crippen LogP) is 4.44. The summed E-state index contributed by atoms with van der Waals surface area (Å²) in [5.41, 5.74) is 2.62. The number of halogens is 2. The fourth-order valence-corrected chi connectivity index (χ4v) is 4.75. The molecule has 35 heavy (non-hydrogen) atoms. The maximum absolute atomic E-state index is 13.3. The molecule has 3 heterocycles. The Balaban J connectivity index is 1.15. The van der Waals surface area contributed by atoms with Gasteiger partial charge in [0.05, 0.1) is 0 Å². The van der Waals surface area contributed by atoms with Crippen molar-refractivity contribution >= 4 is 23.3 Å². The van der Waals surface area contributed by atoms with Crippen LogP contribution in [0.5, 0.6) is 0 Å². The number of aromatic nitrogens is 1. The second kappa shape index (κ2) is 10.7. The van der Waals surface area contributed by atoms with Crippen LogP contribution in [0.15, 0.2) is 60.4 Å². The Morgan fingerprint density at radius 2 is 1.94 bits per heavy atom. The number of benzene rings is 1. The minimum Gasteiger partial charge on any atom is -0.370 e. The lowest BCUT2D eigenvalue weighted by Crippen LogP contribution is -2.32. The molecule has 2 aromatic rings. The van der Waals surface area contributed by atoms with Gasteiger partial charge >= 0.3 is 0 Å². The maximum Gasteiger partial charge on any atom is 0.269 e. The van der Waals surface area contributed by atoms with E-state index in [0.717, 1.165) is 57.1 Å². The molecular weight excluding hydrogens is 465 g/mol. The van der Waals surface area contributed by atoms with Crippen molar-refractivity contribution in [2.75, 3.05) is 44.2 Å². The predicted molar refractivity (Wildman–Crippen MR) is 137 cm³/mol. The van der Waals surface area contributed by atoms with Crippen molar-refractivity contribution in [3.63, 3.8) is 0 Å². The molecule has 2 aliphatic heterocycles. The Hall–Kier alpha value is -3.06. The van der Waals surface area contributed by atoms with Gasteiger partial charge in [0.15, 0.2) is 0 Å². The number of anilines is 1. The standard InChI is InChI=1S/C27H31ClFN5O/c28-24-17-22(29)8-7-21(24)19-32-13-9-23(10-14-32)33-11-2-12-34(16-15-33)26-4-1-3-25(31-26)27(35)30-18-20-5-6-20/h1,3-4,7-10,13,17,20H,2,5-6,11-12,14-16,18-19H2,(H,30,35). The molecule has 1 aromatic heterocycles. The number of rotatable bonds is 7. The van der Waals surface area contributed by atoms with Crippen molar-refractivity contribution in [2.24, 2.45) is 5.92 Å². The average molecular weight is 496 g/mol. The van der Waals surface area contributed by atoms with Gasteiger partial charge in [-0.3, -0.25) is 4.79 Å². The Bertz CT molecular complexity index is 1130. The van der Waals surface area contributed by atoms with Crippen LogP contribution in [0.3, 0.4) is 0 Å². The van der Waals surface area contributed by atoms with Crippen LogP contribution in [0.1, 0.15) is 35.3 Å². The van der Waals surface area contributed by atoms with E-state index in [9.17, 15) is 9.18 Å². The summed E-state index contributed by atoms with van der Waals surface area (Å²) < 4.78 is 13.3. The van der Waals surface area contributed by atoms with Gasteiger partial charge in [0.1, 0.15) is 17.3 Å². The summed E-state index contributed by atoms with van der Waals surface area (Å²) in [6.07, 6.45) is 9.90. The molecule has 1 saturated carbocycles. The van der Waals surface area contributed by atoms with E-state index in [1.165, 1.54) is 30.7 Å². The van der Waals surface area contributed by atoms with E-state index in [1.807, 2.05) is 12.1 Å².